The lowest BCUT2D eigenvalue weighted by molar-refractivity contribution is 0.589. The van der Waals surface area contributed by atoms with Gasteiger partial charge in [0.2, 0.25) is 0 Å². The highest BCUT2D eigenvalue weighted by molar-refractivity contribution is 5.67. The summed E-state index contributed by atoms with van der Waals surface area (Å²) in [4.78, 5) is 4.78. The topological polar surface area (TPSA) is 17.8 Å². The zero-order chi connectivity index (χ0) is 19.9. The lowest BCUT2D eigenvalue weighted by atomic mass is 9.81. The van der Waals surface area contributed by atoms with E-state index in [2.05, 4.69) is 96.5 Å². The van der Waals surface area contributed by atoms with E-state index in [1.165, 1.54) is 39.1 Å². The van der Waals surface area contributed by atoms with Gasteiger partial charge in [-0.2, -0.15) is 0 Å². The Labute approximate surface area is 164 Å². The molecule has 0 bridgehead atoms. The van der Waals surface area contributed by atoms with Crippen LogP contribution in [-0.2, 0) is 5.41 Å². The van der Waals surface area contributed by atoms with Gasteiger partial charge in [0.05, 0.1) is 5.69 Å². The molecule has 0 N–H and O–H groups in total. The van der Waals surface area contributed by atoms with Crippen LogP contribution in [0.3, 0.4) is 0 Å². The molecule has 0 amide bonds. The summed E-state index contributed by atoms with van der Waals surface area (Å²) in [6, 6.07) is 11.4. The molecule has 2 nitrogen and oxygen atoms in total. The van der Waals surface area contributed by atoms with E-state index in [-0.39, 0.29) is 5.41 Å². The molecular weight excluding hydrogens is 328 g/mol. The van der Waals surface area contributed by atoms with Crippen molar-refractivity contribution >= 4 is 0 Å². The van der Waals surface area contributed by atoms with Crippen molar-refractivity contribution in [2.24, 2.45) is 0 Å². The second kappa shape index (κ2) is 6.99. The van der Waals surface area contributed by atoms with Crippen molar-refractivity contribution in [2.45, 2.75) is 66.7 Å². The molecule has 27 heavy (non-hydrogen) atoms. The van der Waals surface area contributed by atoms with E-state index in [1.54, 1.807) is 0 Å². The van der Waals surface area contributed by atoms with Gasteiger partial charge >= 0.3 is 0 Å². The van der Waals surface area contributed by atoms with Gasteiger partial charge in [0.1, 0.15) is 5.82 Å². The molecule has 0 unspecified atom stereocenters. The van der Waals surface area contributed by atoms with E-state index in [0.717, 1.165) is 5.82 Å². The Morgan fingerprint density at radius 2 is 1.56 bits per heavy atom. The molecule has 0 saturated heterocycles. The number of rotatable bonds is 3. The van der Waals surface area contributed by atoms with Gasteiger partial charge in [-0.25, -0.2) is 4.98 Å². The minimum atomic E-state index is 0.0500. The maximum atomic E-state index is 4.78. The third kappa shape index (κ3) is 3.71. The van der Waals surface area contributed by atoms with Crippen LogP contribution in [0.5, 0.6) is 0 Å². The van der Waals surface area contributed by atoms with E-state index in [9.17, 15) is 0 Å². The molecule has 0 aliphatic carbocycles. The van der Waals surface area contributed by atoms with Crippen LogP contribution in [0.1, 0.15) is 68.4 Å². The summed E-state index contributed by atoms with van der Waals surface area (Å²) in [6.07, 6.45) is 4.00. The van der Waals surface area contributed by atoms with Gasteiger partial charge < -0.3 is 0 Å². The quantitative estimate of drug-likeness (QED) is 0.497. The molecule has 1 heterocycles. The predicted molar refractivity (Wildman–Crippen MR) is 116 cm³/mol. The van der Waals surface area contributed by atoms with E-state index >= 15 is 0 Å². The second-order valence-electron chi connectivity index (χ2n) is 9.08. The highest BCUT2D eigenvalue weighted by atomic mass is 15.1. The van der Waals surface area contributed by atoms with Gasteiger partial charge in [-0.1, -0.05) is 70.5 Å². The van der Waals surface area contributed by atoms with Crippen molar-refractivity contribution in [1.82, 2.24) is 9.55 Å². The molecule has 2 aromatic carbocycles. The third-order valence-corrected chi connectivity index (χ3v) is 5.28. The maximum Gasteiger partial charge on any atom is 0.144 e. The van der Waals surface area contributed by atoms with E-state index in [4.69, 9.17) is 4.98 Å². The SMILES string of the molecule is Cc1cc(C)c(-n2ccnc2-c2ccc(C(C)C)cc2C(C)(C)C)c(C)c1. The van der Waals surface area contributed by atoms with E-state index in [1.807, 2.05) is 6.20 Å². The van der Waals surface area contributed by atoms with Gasteiger partial charge in [-0.3, -0.25) is 4.57 Å². The number of aromatic nitrogens is 2. The molecule has 3 aromatic rings. The zero-order valence-corrected chi connectivity index (χ0v) is 18.0. The van der Waals surface area contributed by atoms with Crippen LogP contribution >= 0.6 is 0 Å². The lowest BCUT2D eigenvalue weighted by Crippen LogP contribution is -2.15. The van der Waals surface area contributed by atoms with Crippen molar-refractivity contribution in [2.75, 3.05) is 0 Å². The summed E-state index contributed by atoms with van der Waals surface area (Å²) in [6.45, 7) is 17.9. The van der Waals surface area contributed by atoms with Crippen LogP contribution in [-0.4, -0.2) is 9.55 Å². The molecule has 142 valence electrons. The average Bonchev–Trinajstić information content (AvgIpc) is 3.01. The summed E-state index contributed by atoms with van der Waals surface area (Å²) in [7, 11) is 0. The molecule has 0 aliphatic heterocycles. The van der Waals surface area contributed by atoms with Gasteiger partial charge in [0.25, 0.3) is 0 Å². The smallest absolute Gasteiger partial charge is 0.144 e. The summed E-state index contributed by atoms with van der Waals surface area (Å²) in [5.74, 6) is 1.53. The van der Waals surface area contributed by atoms with Crippen molar-refractivity contribution in [3.63, 3.8) is 0 Å². The van der Waals surface area contributed by atoms with Crippen molar-refractivity contribution < 1.29 is 0 Å². The van der Waals surface area contributed by atoms with Crippen molar-refractivity contribution in [3.05, 3.63) is 70.5 Å². The molecule has 0 saturated carbocycles. The number of hydrogen-bond donors (Lipinski definition) is 0. The highest BCUT2D eigenvalue weighted by Gasteiger charge is 2.23. The van der Waals surface area contributed by atoms with Crippen LogP contribution in [0.25, 0.3) is 17.1 Å². The van der Waals surface area contributed by atoms with Crippen LogP contribution < -0.4 is 0 Å². The molecule has 0 radical (unpaired) electrons. The fourth-order valence-electron chi connectivity index (χ4n) is 3.97. The summed E-state index contributed by atoms with van der Waals surface area (Å²) >= 11 is 0. The number of nitrogens with zero attached hydrogens (tertiary/aromatic N) is 2. The van der Waals surface area contributed by atoms with Gasteiger partial charge in [-0.15, -0.1) is 0 Å². The molecular formula is C25H32N2. The largest absolute Gasteiger partial charge is 0.299 e. The fourth-order valence-corrected chi connectivity index (χ4v) is 3.97. The normalized spacial score (nSPS) is 12.0. The Kier molecular flexibility index (Phi) is 5.03. The summed E-state index contributed by atoms with van der Waals surface area (Å²) in [5.41, 5.74) is 9.09. The van der Waals surface area contributed by atoms with Crippen molar-refractivity contribution in [3.8, 4) is 17.1 Å². The minimum absolute atomic E-state index is 0.0500. The average molecular weight is 361 g/mol. The van der Waals surface area contributed by atoms with Crippen molar-refractivity contribution in [1.29, 1.82) is 0 Å². The van der Waals surface area contributed by atoms with Crippen LogP contribution in [0.4, 0.5) is 0 Å². The molecule has 0 atom stereocenters. The Morgan fingerprint density at radius 3 is 2.11 bits per heavy atom. The standard InChI is InChI=1S/C25H32N2/c1-16(2)20-9-10-21(22(15-20)25(6,7)8)24-26-11-12-27(24)23-18(4)13-17(3)14-19(23)5/h9-16H,1-8H3. The van der Waals surface area contributed by atoms with E-state index < -0.39 is 0 Å². The van der Waals surface area contributed by atoms with Crippen LogP contribution in [0, 0.1) is 20.8 Å². The molecule has 0 fully saturated rings. The Morgan fingerprint density at radius 1 is 0.926 bits per heavy atom. The first-order valence-corrected chi connectivity index (χ1v) is 9.86. The number of imidazole rings is 1. The summed E-state index contributed by atoms with van der Waals surface area (Å²) < 4.78 is 2.25. The maximum absolute atomic E-state index is 4.78. The monoisotopic (exact) mass is 360 g/mol. The minimum Gasteiger partial charge on any atom is -0.299 e. The Bertz CT molecular complexity index is 945. The highest BCUT2D eigenvalue weighted by Crippen LogP contribution is 2.36. The fraction of sp³-hybridized carbons (Fsp3) is 0.400. The number of hydrogen-bond acceptors (Lipinski definition) is 1. The number of aryl methyl sites for hydroxylation is 3. The first-order valence-electron chi connectivity index (χ1n) is 9.86. The third-order valence-electron chi connectivity index (χ3n) is 5.28. The molecule has 0 spiro atoms. The number of benzene rings is 2. The first kappa shape index (κ1) is 19.4. The molecule has 2 heteroatoms. The summed E-state index contributed by atoms with van der Waals surface area (Å²) in [5, 5.41) is 0. The zero-order valence-electron chi connectivity index (χ0n) is 18.0. The Hall–Kier alpha value is -2.35. The van der Waals surface area contributed by atoms with Crippen LogP contribution in [0.2, 0.25) is 0 Å². The predicted octanol–water partition coefficient (Wildman–Crippen LogP) is 6.89. The molecule has 1 aromatic heterocycles. The molecule has 3 rings (SSSR count). The van der Waals surface area contributed by atoms with E-state index in [0.29, 0.717) is 5.92 Å². The van der Waals surface area contributed by atoms with Gasteiger partial charge in [0, 0.05) is 18.0 Å². The lowest BCUT2D eigenvalue weighted by Gasteiger charge is -2.25. The van der Waals surface area contributed by atoms with Crippen LogP contribution in [0.15, 0.2) is 42.7 Å². The van der Waals surface area contributed by atoms with Gasteiger partial charge in [-0.05, 0) is 54.4 Å². The first-order chi connectivity index (χ1) is 12.6. The molecule has 0 aliphatic rings. The van der Waals surface area contributed by atoms with Gasteiger partial charge in [0.15, 0.2) is 0 Å². The second-order valence-corrected chi connectivity index (χ2v) is 9.08. The Balaban J connectivity index is 2.26.